The van der Waals surface area contributed by atoms with Crippen LogP contribution in [0.1, 0.15) is 0 Å². The second-order valence-electron chi connectivity index (χ2n) is 1.60. The van der Waals surface area contributed by atoms with Crippen LogP contribution in [0.3, 0.4) is 0 Å². The monoisotopic (exact) mass is 194 g/mol. The Morgan fingerprint density at radius 1 is 1.20 bits per heavy atom. The Balaban J connectivity index is 2.69. The molecule has 0 spiro atoms. The highest BCUT2D eigenvalue weighted by Gasteiger charge is 1.91. The van der Waals surface area contributed by atoms with Crippen LogP contribution in [-0.4, -0.2) is 0 Å². The van der Waals surface area contributed by atoms with E-state index < -0.39 is 0 Å². The van der Waals surface area contributed by atoms with Crippen LogP contribution in [0.15, 0.2) is 29.2 Å². The van der Waals surface area contributed by atoms with Gasteiger partial charge in [-0.25, -0.2) is 3.74 Å². The second-order valence-corrected chi connectivity index (χ2v) is 3.18. The Labute approximate surface area is 73.7 Å². The summed E-state index contributed by atoms with van der Waals surface area (Å²) in [4.78, 5) is 0.930. The first-order valence-electron chi connectivity index (χ1n) is 2.54. The van der Waals surface area contributed by atoms with E-state index in [1.165, 1.54) is 0 Å². The first-order chi connectivity index (χ1) is 4.83. The van der Waals surface area contributed by atoms with Crippen LogP contribution in [0, 0.1) is 0 Å². The lowest BCUT2D eigenvalue weighted by molar-refractivity contribution is 0.727. The van der Waals surface area contributed by atoms with Crippen molar-refractivity contribution in [3.05, 3.63) is 29.3 Å². The molecule has 0 amide bonds. The fraction of sp³-hybridized carbons (Fsp3) is 0. The summed E-state index contributed by atoms with van der Waals surface area (Å²) >= 11 is 11.7. The average Bonchev–Trinajstić information content (AvgIpc) is 1.95. The molecule has 0 atom stereocenters. The Hall–Kier alpha value is 0.110. The van der Waals surface area contributed by atoms with Gasteiger partial charge in [-0.1, -0.05) is 11.6 Å². The molecule has 1 nitrogen and oxygen atoms in total. The van der Waals surface area contributed by atoms with E-state index in [2.05, 4.69) is 3.74 Å². The summed E-state index contributed by atoms with van der Waals surface area (Å²) in [5.74, 6) is 0. The molecule has 0 heterocycles. The third kappa shape index (κ3) is 2.39. The van der Waals surface area contributed by atoms with E-state index in [0.717, 1.165) is 16.9 Å². The molecule has 0 bridgehead atoms. The molecule has 0 aromatic heterocycles. The quantitative estimate of drug-likeness (QED) is 0.667. The summed E-state index contributed by atoms with van der Waals surface area (Å²) in [5.41, 5.74) is 0. The third-order valence-corrected chi connectivity index (χ3v) is 1.91. The zero-order valence-corrected chi connectivity index (χ0v) is 7.21. The van der Waals surface area contributed by atoms with Crippen molar-refractivity contribution in [1.29, 1.82) is 0 Å². The lowest BCUT2D eigenvalue weighted by Crippen LogP contribution is -1.67. The molecule has 0 saturated heterocycles. The zero-order chi connectivity index (χ0) is 7.40. The van der Waals surface area contributed by atoms with Crippen LogP contribution >= 0.6 is 35.5 Å². The second kappa shape index (κ2) is 4.09. The van der Waals surface area contributed by atoms with Gasteiger partial charge in [0.25, 0.3) is 0 Å². The minimum atomic E-state index is 0.707. The van der Waals surface area contributed by atoms with E-state index in [1.54, 1.807) is 12.1 Å². The maximum Gasteiger partial charge on any atom is 0.0757 e. The van der Waals surface area contributed by atoms with E-state index in [1.807, 2.05) is 12.1 Å². The maximum absolute atomic E-state index is 5.63. The van der Waals surface area contributed by atoms with Crippen molar-refractivity contribution in [2.24, 2.45) is 0 Å². The molecule has 1 rings (SSSR count). The van der Waals surface area contributed by atoms with Crippen molar-refractivity contribution in [3.8, 4) is 0 Å². The van der Waals surface area contributed by atoms with Gasteiger partial charge in [0.2, 0.25) is 0 Å². The molecule has 1 aromatic carbocycles. The number of hydrogen-bond donors (Lipinski definition) is 0. The highest BCUT2D eigenvalue weighted by Crippen LogP contribution is 2.21. The van der Waals surface area contributed by atoms with Gasteiger partial charge < -0.3 is 0 Å². The van der Waals surface area contributed by atoms with E-state index in [-0.39, 0.29) is 0 Å². The highest BCUT2D eigenvalue weighted by atomic mass is 35.5. The van der Waals surface area contributed by atoms with Crippen LogP contribution < -0.4 is 0 Å². The largest absolute Gasteiger partial charge is 0.202 e. The molecule has 54 valence electrons. The van der Waals surface area contributed by atoms with Gasteiger partial charge in [0, 0.05) is 9.92 Å². The molecule has 0 radical (unpaired) electrons. The van der Waals surface area contributed by atoms with Crippen LogP contribution in [0.5, 0.6) is 0 Å². The van der Waals surface area contributed by atoms with Crippen LogP contribution in [-0.2, 0) is 3.74 Å². The molecule has 0 saturated carbocycles. The first kappa shape index (κ1) is 8.21. The summed E-state index contributed by atoms with van der Waals surface area (Å²) in [7, 11) is 0. The third-order valence-electron chi connectivity index (χ3n) is 0.941. The van der Waals surface area contributed by atoms with Crippen molar-refractivity contribution in [2.75, 3.05) is 0 Å². The van der Waals surface area contributed by atoms with Gasteiger partial charge in [-0.05, 0) is 24.3 Å². The van der Waals surface area contributed by atoms with Gasteiger partial charge in [-0.2, -0.15) is 0 Å². The van der Waals surface area contributed by atoms with E-state index in [9.17, 15) is 0 Å². The normalized spacial score (nSPS) is 9.80. The van der Waals surface area contributed by atoms with Crippen molar-refractivity contribution < 1.29 is 3.74 Å². The molecule has 0 fully saturated rings. The lowest BCUT2D eigenvalue weighted by Gasteiger charge is -1.93. The number of benzene rings is 1. The molecular weight excluding hydrogens is 191 g/mol. The topological polar surface area (TPSA) is 9.23 Å². The van der Waals surface area contributed by atoms with Crippen molar-refractivity contribution in [3.63, 3.8) is 0 Å². The molecule has 10 heavy (non-hydrogen) atoms. The summed E-state index contributed by atoms with van der Waals surface area (Å²) in [6.45, 7) is 0. The Morgan fingerprint density at radius 3 is 2.30 bits per heavy atom. The van der Waals surface area contributed by atoms with Crippen LogP contribution in [0.4, 0.5) is 0 Å². The molecule has 0 aliphatic rings. The Kier molecular flexibility index (Phi) is 3.35. The van der Waals surface area contributed by atoms with Crippen LogP contribution in [0.2, 0.25) is 5.02 Å². The SMILES string of the molecule is ClOSc1ccc(Cl)cc1. The standard InChI is InChI=1S/C6H4Cl2OS/c7-5-1-3-6(4-2-5)10-9-8/h1-4H. The first-order valence-corrected chi connectivity index (χ1v) is 3.96. The summed E-state index contributed by atoms with van der Waals surface area (Å²) in [6, 6.07) is 7.21. The highest BCUT2D eigenvalue weighted by molar-refractivity contribution is 7.95. The van der Waals surface area contributed by atoms with Crippen molar-refractivity contribution >= 4 is 35.5 Å². The predicted octanol–water partition coefficient (Wildman–Crippen LogP) is 3.52. The van der Waals surface area contributed by atoms with Gasteiger partial charge in [0.05, 0.1) is 23.9 Å². The minimum absolute atomic E-state index is 0.707. The predicted molar refractivity (Wildman–Crippen MR) is 44.2 cm³/mol. The Bertz CT molecular complexity index is 199. The van der Waals surface area contributed by atoms with Gasteiger partial charge in [-0.3, -0.25) is 0 Å². The fourth-order valence-corrected chi connectivity index (χ4v) is 1.19. The van der Waals surface area contributed by atoms with Crippen molar-refractivity contribution in [2.45, 2.75) is 4.90 Å². The fourth-order valence-electron chi connectivity index (χ4n) is 0.527. The summed E-state index contributed by atoms with van der Waals surface area (Å²) < 4.78 is 4.31. The minimum Gasteiger partial charge on any atom is -0.202 e. The van der Waals surface area contributed by atoms with Crippen LogP contribution in [0.25, 0.3) is 0 Å². The average molecular weight is 195 g/mol. The van der Waals surface area contributed by atoms with E-state index in [0.29, 0.717) is 5.02 Å². The molecule has 0 unspecified atom stereocenters. The maximum atomic E-state index is 5.63. The summed E-state index contributed by atoms with van der Waals surface area (Å²) in [5, 5.41) is 0.707. The Morgan fingerprint density at radius 2 is 1.80 bits per heavy atom. The van der Waals surface area contributed by atoms with E-state index >= 15 is 0 Å². The number of halogens is 2. The van der Waals surface area contributed by atoms with Gasteiger partial charge >= 0.3 is 0 Å². The van der Waals surface area contributed by atoms with Gasteiger partial charge in [0.15, 0.2) is 0 Å². The number of hydrogen-bond acceptors (Lipinski definition) is 2. The lowest BCUT2D eigenvalue weighted by atomic mass is 10.4. The molecule has 1 aromatic rings. The van der Waals surface area contributed by atoms with Gasteiger partial charge in [0.1, 0.15) is 0 Å². The zero-order valence-electron chi connectivity index (χ0n) is 4.88. The van der Waals surface area contributed by atoms with Crippen molar-refractivity contribution in [1.82, 2.24) is 0 Å². The number of rotatable bonds is 2. The molecule has 0 aliphatic carbocycles. The van der Waals surface area contributed by atoms with E-state index in [4.69, 9.17) is 23.5 Å². The molecule has 4 heteroatoms. The molecule has 0 aliphatic heterocycles. The smallest absolute Gasteiger partial charge is 0.0757 e. The molecule has 0 N–H and O–H groups in total. The summed E-state index contributed by atoms with van der Waals surface area (Å²) in [6.07, 6.45) is 0. The molecular formula is C6H4Cl2OS. The van der Waals surface area contributed by atoms with Gasteiger partial charge in [-0.15, -0.1) is 0 Å².